The Kier molecular flexibility index (Phi) is 3.93. The first-order chi connectivity index (χ1) is 6.66. The van der Waals surface area contributed by atoms with Gasteiger partial charge in [-0.1, -0.05) is 5.92 Å². The highest BCUT2D eigenvalue weighted by atomic mass is 16.3. The van der Waals surface area contributed by atoms with Gasteiger partial charge < -0.3 is 10.4 Å². The molecule has 0 saturated heterocycles. The molecule has 3 N–H and O–H groups in total. The fourth-order valence-corrected chi connectivity index (χ4v) is 1.34. The SMILES string of the molecule is C#CCNCC(=O)NCC1(O)CCC1. The highest BCUT2D eigenvalue weighted by molar-refractivity contribution is 5.78. The highest BCUT2D eigenvalue weighted by Crippen LogP contribution is 2.30. The standard InChI is InChI=1S/C10H16N2O2/c1-2-6-11-7-9(13)12-8-10(14)4-3-5-10/h1,11,14H,3-8H2,(H,12,13). The molecule has 0 spiro atoms. The van der Waals surface area contributed by atoms with Crippen LogP contribution in [-0.2, 0) is 4.79 Å². The molecule has 0 heterocycles. The molecule has 4 nitrogen and oxygen atoms in total. The van der Waals surface area contributed by atoms with Crippen molar-refractivity contribution in [2.75, 3.05) is 19.6 Å². The van der Waals surface area contributed by atoms with Crippen molar-refractivity contribution in [1.82, 2.24) is 10.6 Å². The van der Waals surface area contributed by atoms with Crippen LogP contribution in [-0.4, -0.2) is 36.2 Å². The Morgan fingerprint density at radius 3 is 2.79 bits per heavy atom. The van der Waals surface area contributed by atoms with Gasteiger partial charge in [-0.25, -0.2) is 0 Å². The molecule has 0 unspecified atom stereocenters. The number of carbonyl (C=O) groups excluding carboxylic acids is 1. The van der Waals surface area contributed by atoms with Crippen molar-refractivity contribution in [1.29, 1.82) is 0 Å². The van der Waals surface area contributed by atoms with Gasteiger partial charge in [-0.3, -0.25) is 10.1 Å². The Morgan fingerprint density at radius 1 is 1.57 bits per heavy atom. The molecule has 1 amide bonds. The van der Waals surface area contributed by atoms with Gasteiger partial charge in [0.2, 0.25) is 5.91 Å². The predicted octanol–water partition coefficient (Wildman–Crippen LogP) is -0.760. The normalized spacial score (nSPS) is 18.0. The van der Waals surface area contributed by atoms with Crippen LogP contribution in [0.3, 0.4) is 0 Å². The maximum Gasteiger partial charge on any atom is 0.234 e. The molecule has 1 fully saturated rings. The first-order valence-corrected chi connectivity index (χ1v) is 4.79. The molecule has 0 aromatic rings. The summed E-state index contributed by atoms with van der Waals surface area (Å²) < 4.78 is 0. The molecule has 1 saturated carbocycles. The molecule has 4 heteroatoms. The highest BCUT2D eigenvalue weighted by Gasteiger charge is 2.34. The number of aliphatic hydroxyl groups is 1. The maximum absolute atomic E-state index is 11.2. The van der Waals surface area contributed by atoms with Crippen molar-refractivity contribution in [3.05, 3.63) is 0 Å². The van der Waals surface area contributed by atoms with E-state index < -0.39 is 5.60 Å². The van der Waals surface area contributed by atoms with Gasteiger partial charge in [0.15, 0.2) is 0 Å². The van der Waals surface area contributed by atoms with Gasteiger partial charge in [-0.05, 0) is 19.3 Å². The van der Waals surface area contributed by atoms with Crippen LogP contribution in [0.15, 0.2) is 0 Å². The summed E-state index contributed by atoms with van der Waals surface area (Å²) in [6, 6.07) is 0. The lowest BCUT2D eigenvalue weighted by Crippen LogP contribution is -2.49. The van der Waals surface area contributed by atoms with Crippen molar-refractivity contribution in [3.63, 3.8) is 0 Å². The summed E-state index contributed by atoms with van der Waals surface area (Å²) >= 11 is 0. The molecule has 0 aromatic carbocycles. The number of carbonyl (C=O) groups is 1. The zero-order chi connectivity index (χ0) is 10.4. The van der Waals surface area contributed by atoms with E-state index in [0.29, 0.717) is 13.1 Å². The molecule has 1 rings (SSSR count). The maximum atomic E-state index is 11.2. The fraction of sp³-hybridized carbons (Fsp3) is 0.700. The van der Waals surface area contributed by atoms with E-state index in [0.717, 1.165) is 19.3 Å². The first kappa shape index (κ1) is 11.0. The molecule has 1 aliphatic rings. The average Bonchev–Trinajstić information content (AvgIpc) is 2.12. The van der Waals surface area contributed by atoms with Crippen LogP contribution in [0, 0.1) is 12.3 Å². The van der Waals surface area contributed by atoms with Gasteiger partial charge in [0.25, 0.3) is 0 Å². The van der Waals surface area contributed by atoms with E-state index in [1.165, 1.54) is 0 Å². The smallest absolute Gasteiger partial charge is 0.234 e. The van der Waals surface area contributed by atoms with Crippen LogP contribution in [0.1, 0.15) is 19.3 Å². The Hall–Kier alpha value is -1.05. The van der Waals surface area contributed by atoms with Crippen LogP contribution < -0.4 is 10.6 Å². The van der Waals surface area contributed by atoms with Crippen molar-refractivity contribution >= 4 is 5.91 Å². The second-order valence-corrected chi connectivity index (χ2v) is 3.66. The second-order valence-electron chi connectivity index (χ2n) is 3.66. The van der Waals surface area contributed by atoms with Crippen LogP contribution in [0.25, 0.3) is 0 Å². The Labute approximate surface area is 84.1 Å². The molecule has 0 aromatic heterocycles. The summed E-state index contributed by atoms with van der Waals surface area (Å²) in [5, 5.41) is 15.1. The van der Waals surface area contributed by atoms with E-state index in [1.807, 2.05) is 0 Å². The average molecular weight is 196 g/mol. The molecule has 0 radical (unpaired) electrons. The van der Waals surface area contributed by atoms with Crippen molar-refractivity contribution < 1.29 is 9.90 Å². The van der Waals surface area contributed by atoms with E-state index in [1.54, 1.807) is 0 Å². The quantitative estimate of drug-likeness (QED) is 0.400. The molecular weight excluding hydrogens is 180 g/mol. The lowest BCUT2D eigenvalue weighted by molar-refractivity contribution is -0.122. The van der Waals surface area contributed by atoms with Gasteiger partial charge in [-0.2, -0.15) is 0 Å². The third kappa shape index (κ3) is 3.36. The van der Waals surface area contributed by atoms with Crippen LogP contribution >= 0.6 is 0 Å². The molecule has 0 atom stereocenters. The summed E-state index contributed by atoms with van der Waals surface area (Å²) in [7, 11) is 0. The third-order valence-electron chi connectivity index (χ3n) is 2.41. The second kappa shape index (κ2) is 4.99. The lowest BCUT2D eigenvalue weighted by atomic mass is 9.80. The number of hydrogen-bond acceptors (Lipinski definition) is 3. The summed E-state index contributed by atoms with van der Waals surface area (Å²) in [4.78, 5) is 11.2. The van der Waals surface area contributed by atoms with Crippen LogP contribution in [0.4, 0.5) is 0 Å². The van der Waals surface area contributed by atoms with Crippen molar-refractivity contribution in [2.45, 2.75) is 24.9 Å². The summed E-state index contributed by atoms with van der Waals surface area (Å²) in [5.74, 6) is 2.25. The summed E-state index contributed by atoms with van der Waals surface area (Å²) in [6.45, 7) is 0.946. The van der Waals surface area contributed by atoms with Gasteiger partial charge >= 0.3 is 0 Å². The minimum atomic E-state index is -0.651. The van der Waals surface area contributed by atoms with Gasteiger partial charge in [0.05, 0.1) is 18.7 Å². The topological polar surface area (TPSA) is 61.4 Å². The number of hydrogen-bond donors (Lipinski definition) is 3. The minimum Gasteiger partial charge on any atom is -0.388 e. The summed E-state index contributed by atoms with van der Waals surface area (Å²) in [6.07, 6.45) is 7.61. The zero-order valence-electron chi connectivity index (χ0n) is 8.18. The number of rotatable bonds is 5. The number of terminal acetylenes is 1. The van der Waals surface area contributed by atoms with E-state index in [9.17, 15) is 9.90 Å². The molecule has 1 aliphatic carbocycles. The zero-order valence-corrected chi connectivity index (χ0v) is 8.18. The molecule has 0 bridgehead atoms. The minimum absolute atomic E-state index is 0.124. The lowest BCUT2D eigenvalue weighted by Gasteiger charge is -2.36. The number of nitrogens with one attached hydrogen (secondary N) is 2. The molecule has 14 heavy (non-hydrogen) atoms. The molecule has 78 valence electrons. The molecule has 0 aliphatic heterocycles. The first-order valence-electron chi connectivity index (χ1n) is 4.79. The van der Waals surface area contributed by atoms with Crippen LogP contribution in [0.2, 0.25) is 0 Å². The van der Waals surface area contributed by atoms with Gasteiger partial charge in [-0.15, -0.1) is 6.42 Å². The van der Waals surface area contributed by atoms with E-state index in [4.69, 9.17) is 6.42 Å². The van der Waals surface area contributed by atoms with E-state index >= 15 is 0 Å². The van der Waals surface area contributed by atoms with Crippen molar-refractivity contribution in [3.8, 4) is 12.3 Å². The Balaban J connectivity index is 2.06. The summed E-state index contributed by atoms with van der Waals surface area (Å²) in [5.41, 5.74) is -0.651. The third-order valence-corrected chi connectivity index (χ3v) is 2.41. The Morgan fingerprint density at radius 2 is 2.29 bits per heavy atom. The monoisotopic (exact) mass is 196 g/mol. The fourth-order valence-electron chi connectivity index (χ4n) is 1.34. The molecular formula is C10H16N2O2. The van der Waals surface area contributed by atoms with Crippen LogP contribution in [0.5, 0.6) is 0 Å². The van der Waals surface area contributed by atoms with Crippen molar-refractivity contribution in [2.24, 2.45) is 0 Å². The Bertz CT molecular complexity index is 241. The predicted molar refractivity (Wildman–Crippen MR) is 53.5 cm³/mol. The largest absolute Gasteiger partial charge is 0.388 e. The van der Waals surface area contributed by atoms with Gasteiger partial charge in [0.1, 0.15) is 0 Å². The van der Waals surface area contributed by atoms with E-state index in [2.05, 4.69) is 16.6 Å². The van der Waals surface area contributed by atoms with Gasteiger partial charge in [0, 0.05) is 6.54 Å². The number of amides is 1. The van der Waals surface area contributed by atoms with E-state index in [-0.39, 0.29) is 12.5 Å².